The normalized spacial score (nSPS) is 12.3. The summed E-state index contributed by atoms with van der Waals surface area (Å²) in [4.78, 5) is 3.79. The van der Waals surface area contributed by atoms with Gasteiger partial charge >= 0.3 is 0 Å². The van der Waals surface area contributed by atoms with Crippen LogP contribution in [0.3, 0.4) is 0 Å². The van der Waals surface area contributed by atoms with Crippen LogP contribution in [-0.4, -0.2) is 44.0 Å². The summed E-state index contributed by atoms with van der Waals surface area (Å²) in [5.41, 5.74) is 0. The van der Waals surface area contributed by atoms with Gasteiger partial charge in [-0.1, -0.05) is 11.6 Å². The van der Waals surface area contributed by atoms with Crippen molar-refractivity contribution in [1.82, 2.24) is 9.29 Å². The molecule has 0 atom stereocenters. The van der Waals surface area contributed by atoms with E-state index in [0.717, 1.165) is 0 Å². The van der Waals surface area contributed by atoms with Gasteiger partial charge in [-0.15, -0.1) is 0 Å². The Morgan fingerprint density at radius 2 is 2.17 bits per heavy atom. The van der Waals surface area contributed by atoms with Gasteiger partial charge in [0.25, 0.3) is 0 Å². The van der Waals surface area contributed by atoms with Crippen molar-refractivity contribution in [2.24, 2.45) is 0 Å². The van der Waals surface area contributed by atoms with E-state index in [1.807, 2.05) is 13.8 Å². The van der Waals surface area contributed by atoms with Gasteiger partial charge in [-0.3, -0.25) is 4.98 Å². The number of hydrogen-bond acceptors (Lipinski definition) is 4. The minimum Gasteiger partial charge on any atom is -0.377 e. The van der Waals surface area contributed by atoms with Crippen molar-refractivity contribution >= 4 is 21.6 Å². The van der Waals surface area contributed by atoms with Gasteiger partial charge in [0.2, 0.25) is 10.0 Å². The molecular formula is C11H17ClN2O3S. The molecule has 0 aliphatic carbocycles. The topological polar surface area (TPSA) is 59.5 Å². The highest BCUT2D eigenvalue weighted by molar-refractivity contribution is 7.89. The molecule has 0 spiro atoms. The Bertz CT molecular complexity index is 491. The van der Waals surface area contributed by atoms with Crippen LogP contribution in [0.4, 0.5) is 0 Å². The molecule has 1 aromatic rings. The van der Waals surface area contributed by atoms with Gasteiger partial charge in [-0.05, 0) is 19.9 Å². The average Bonchev–Trinajstić information content (AvgIpc) is 2.28. The first-order valence-electron chi connectivity index (χ1n) is 5.53. The molecule has 0 fully saturated rings. The summed E-state index contributed by atoms with van der Waals surface area (Å²) in [5.74, 6) is 0. The summed E-state index contributed by atoms with van der Waals surface area (Å²) in [6.07, 6.45) is 2.77. The van der Waals surface area contributed by atoms with Crippen LogP contribution in [0.1, 0.15) is 13.8 Å². The smallest absolute Gasteiger partial charge is 0.245 e. The van der Waals surface area contributed by atoms with Crippen molar-refractivity contribution in [2.45, 2.75) is 24.8 Å². The average molecular weight is 293 g/mol. The lowest BCUT2D eigenvalue weighted by molar-refractivity contribution is 0.0737. The zero-order valence-corrected chi connectivity index (χ0v) is 12.2. The molecule has 5 nitrogen and oxygen atoms in total. The minimum atomic E-state index is -3.61. The molecule has 7 heteroatoms. The molecule has 0 aliphatic rings. The number of ether oxygens (including phenoxy) is 1. The van der Waals surface area contributed by atoms with E-state index in [9.17, 15) is 8.42 Å². The zero-order valence-electron chi connectivity index (χ0n) is 10.6. The number of rotatable bonds is 6. The monoisotopic (exact) mass is 292 g/mol. The predicted molar refractivity (Wildman–Crippen MR) is 70.2 cm³/mol. The third kappa shape index (κ3) is 3.91. The number of sulfonamides is 1. The number of nitrogens with zero attached hydrogens (tertiary/aromatic N) is 2. The molecule has 0 saturated carbocycles. The first kappa shape index (κ1) is 15.4. The van der Waals surface area contributed by atoms with Crippen molar-refractivity contribution in [1.29, 1.82) is 0 Å². The number of halogens is 1. The first-order valence-corrected chi connectivity index (χ1v) is 7.35. The third-order valence-corrected chi connectivity index (χ3v) is 4.61. The van der Waals surface area contributed by atoms with Crippen LogP contribution in [-0.2, 0) is 14.8 Å². The lowest BCUT2D eigenvalue weighted by Crippen LogP contribution is -2.31. The molecule has 102 valence electrons. The van der Waals surface area contributed by atoms with Crippen LogP contribution in [0.25, 0.3) is 0 Å². The molecule has 0 amide bonds. The summed E-state index contributed by atoms with van der Waals surface area (Å²) >= 11 is 5.86. The molecule has 0 saturated heterocycles. The largest absolute Gasteiger partial charge is 0.377 e. The Labute approximate surface area is 113 Å². The summed E-state index contributed by atoms with van der Waals surface area (Å²) in [6.45, 7) is 4.40. The van der Waals surface area contributed by atoms with E-state index < -0.39 is 10.0 Å². The quantitative estimate of drug-likeness (QED) is 0.802. The van der Waals surface area contributed by atoms with Crippen molar-refractivity contribution in [2.75, 3.05) is 20.2 Å². The van der Waals surface area contributed by atoms with Crippen molar-refractivity contribution < 1.29 is 13.2 Å². The third-order valence-electron chi connectivity index (χ3n) is 2.28. The number of pyridine rings is 1. The fraction of sp³-hybridized carbons (Fsp3) is 0.545. The molecule has 1 rings (SSSR count). The second-order valence-electron chi connectivity index (χ2n) is 4.05. The van der Waals surface area contributed by atoms with Crippen LogP contribution in [0.5, 0.6) is 0 Å². The summed E-state index contributed by atoms with van der Waals surface area (Å²) in [6, 6.07) is 1.45. The molecule has 0 bridgehead atoms. The van der Waals surface area contributed by atoms with E-state index in [2.05, 4.69) is 4.98 Å². The second-order valence-corrected chi connectivity index (χ2v) is 6.47. The zero-order chi connectivity index (χ0) is 13.8. The Morgan fingerprint density at radius 1 is 1.50 bits per heavy atom. The van der Waals surface area contributed by atoms with Gasteiger partial charge in [0.1, 0.15) is 4.90 Å². The molecular weight excluding hydrogens is 276 g/mol. The Balaban J connectivity index is 2.78. The Hall–Kier alpha value is -0.690. The summed E-state index contributed by atoms with van der Waals surface area (Å²) < 4.78 is 30.9. The second kappa shape index (κ2) is 6.47. The standard InChI is InChI=1S/C11H17ClN2O3S/c1-9(2)17-7-6-14(3)18(15,16)11-8-13-5-4-10(11)12/h4-5,8-9H,6-7H2,1-3H3. The van der Waals surface area contributed by atoms with Crippen LogP contribution in [0.2, 0.25) is 5.02 Å². The first-order chi connectivity index (χ1) is 8.35. The van der Waals surface area contributed by atoms with E-state index in [1.165, 1.54) is 29.8 Å². The fourth-order valence-electron chi connectivity index (χ4n) is 1.26. The lowest BCUT2D eigenvalue weighted by atomic mass is 10.5. The van der Waals surface area contributed by atoms with Crippen LogP contribution in [0.15, 0.2) is 23.4 Å². The van der Waals surface area contributed by atoms with E-state index in [1.54, 1.807) is 0 Å². The van der Waals surface area contributed by atoms with Gasteiger partial charge in [0.05, 0.1) is 17.7 Å². The number of aromatic nitrogens is 1. The Morgan fingerprint density at radius 3 is 2.72 bits per heavy atom. The summed E-state index contributed by atoms with van der Waals surface area (Å²) in [5, 5.41) is 0.168. The van der Waals surface area contributed by atoms with E-state index in [4.69, 9.17) is 16.3 Å². The van der Waals surface area contributed by atoms with Gasteiger partial charge in [0, 0.05) is 26.0 Å². The molecule has 0 aliphatic heterocycles. The van der Waals surface area contributed by atoms with Crippen LogP contribution in [0, 0.1) is 0 Å². The molecule has 1 heterocycles. The molecule has 18 heavy (non-hydrogen) atoms. The lowest BCUT2D eigenvalue weighted by Gasteiger charge is -2.18. The van der Waals surface area contributed by atoms with E-state index in [0.29, 0.717) is 6.61 Å². The van der Waals surface area contributed by atoms with Crippen LogP contribution < -0.4 is 0 Å². The maximum atomic E-state index is 12.2. The summed E-state index contributed by atoms with van der Waals surface area (Å²) in [7, 11) is -2.12. The molecule has 0 aromatic carbocycles. The van der Waals surface area contributed by atoms with E-state index in [-0.39, 0.29) is 22.6 Å². The highest BCUT2D eigenvalue weighted by atomic mass is 35.5. The SMILES string of the molecule is CC(C)OCCN(C)S(=O)(=O)c1cnccc1Cl. The van der Waals surface area contributed by atoms with E-state index >= 15 is 0 Å². The minimum absolute atomic E-state index is 0.0127. The molecule has 0 N–H and O–H groups in total. The maximum absolute atomic E-state index is 12.2. The van der Waals surface area contributed by atoms with Gasteiger partial charge in [-0.2, -0.15) is 4.31 Å². The molecule has 0 radical (unpaired) electrons. The maximum Gasteiger partial charge on any atom is 0.245 e. The molecule has 0 unspecified atom stereocenters. The van der Waals surface area contributed by atoms with Gasteiger partial charge in [0.15, 0.2) is 0 Å². The van der Waals surface area contributed by atoms with Crippen LogP contribution >= 0.6 is 11.6 Å². The number of likely N-dealkylation sites (N-methyl/N-ethyl adjacent to an activating group) is 1. The molecule has 1 aromatic heterocycles. The van der Waals surface area contributed by atoms with Crippen molar-refractivity contribution in [3.05, 3.63) is 23.5 Å². The number of hydrogen-bond donors (Lipinski definition) is 0. The highest BCUT2D eigenvalue weighted by Crippen LogP contribution is 2.22. The highest BCUT2D eigenvalue weighted by Gasteiger charge is 2.23. The van der Waals surface area contributed by atoms with Crippen molar-refractivity contribution in [3.8, 4) is 0 Å². The van der Waals surface area contributed by atoms with Gasteiger partial charge in [-0.25, -0.2) is 8.42 Å². The predicted octanol–water partition coefficient (Wildman–Crippen LogP) is 1.78. The Kier molecular flexibility index (Phi) is 5.52. The van der Waals surface area contributed by atoms with Crippen molar-refractivity contribution in [3.63, 3.8) is 0 Å². The fourth-order valence-corrected chi connectivity index (χ4v) is 2.81. The van der Waals surface area contributed by atoms with Gasteiger partial charge < -0.3 is 4.74 Å².